The lowest BCUT2D eigenvalue weighted by Crippen LogP contribution is -2.41. The molecule has 6 heteroatoms. The second kappa shape index (κ2) is 5.58. The van der Waals surface area contributed by atoms with Gasteiger partial charge in [-0.2, -0.15) is 4.98 Å². The molecule has 2 heterocycles. The second-order valence-electron chi connectivity index (χ2n) is 5.01. The van der Waals surface area contributed by atoms with Gasteiger partial charge in [0.15, 0.2) is 5.82 Å². The van der Waals surface area contributed by atoms with Gasteiger partial charge in [-0.15, -0.1) is 5.10 Å². The Labute approximate surface area is 117 Å². The van der Waals surface area contributed by atoms with Gasteiger partial charge >= 0.3 is 0 Å². The highest BCUT2D eigenvalue weighted by atomic mass is 19.1. The van der Waals surface area contributed by atoms with E-state index in [1.54, 1.807) is 18.2 Å². The van der Waals surface area contributed by atoms with Crippen LogP contribution >= 0.6 is 0 Å². The van der Waals surface area contributed by atoms with E-state index in [0.717, 1.165) is 25.9 Å². The van der Waals surface area contributed by atoms with Crippen molar-refractivity contribution in [2.75, 3.05) is 25.0 Å². The number of piperidine rings is 1. The molecule has 1 aliphatic rings. The first-order valence-electron chi connectivity index (χ1n) is 6.87. The zero-order valence-corrected chi connectivity index (χ0v) is 11.4. The van der Waals surface area contributed by atoms with E-state index >= 15 is 0 Å². The van der Waals surface area contributed by atoms with E-state index in [1.807, 2.05) is 7.05 Å². The van der Waals surface area contributed by atoms with Crippen LogP contribution in [0.5, 0.6) is 0 Å². The molecule has 1 aromatic heterocycles. The summed E-state index contributed by atoms with van der Waals surface area (Å²) in [4.78, 5) is 6.55. The molecule has 0 spiro atoms. The van der Waals surface area contributed by atoms with Crippen LogP contribution in [0.3, 0.4) is 0 Å². The molecule has 2 N–H and O–H groups in total. The van der Waals surface area contributed by atoms with Gasteiger partial charge in [-0.1, -0.05) is 12.1 Å². The van der Waals surface area contributed by atoms with E-state index in [1.165, 1.54) is 6.07 Å². The number of H-pyrrole nitrogens is 1. The lowest BCUT2D eigenvalue weighted by atomic mass is 10.1. The zero-order chi connectivity index (χ0) is 13.9. The fraction of sp³-hybridized carbons (Fsp3) is 0.429. The number of hydrogen-bond donors (Lipinski definition) is 2. The fourth-order valence-corrected chi connectivity index (χ4v) is 2.54. The lowest BCUT2D eigenvalue weighted by Gasteiger charge is -2.30. The minimum atomic E-state index is -0.288. The van der Waals surface area contributed by atoms with Crippen LogP contribution < -0.4 is 10.2 Å². The molecule has 3 rings (SSSR count). The Morgan fingerprint density at radius 3 is 2.75 bits per heavy atom. The quantitative estimate of drug-likeness (QED) is 0.897. The topological polar surface area (TPSA) is 56.8 Å². The predicted molar refractivity (Wildman–Crippen MR) is 76.1 cm³/mol. The number of nitrogens with one attached hydrogen (secondary N) is 2. The molecule has 20 heavy (non-hydrogen) atoms. The Morgan fingerprint density at radius 2 is 2.05 bits per heavy atom. The first kappa shape index (κ1) is 13.1. The van der Waals surface area contributed by atoms with Crippen molar-refractivity contribution in [3.63, 3.8) is 0 Å². The molecule has 0 radical (unpaired) electrons. The number of aromatic nitrogens is 3. The summed E-state index contributed by atoms with van der Waals surface area (Å²) in [5.41, 5.74) is 0.455. The number of aromatic amines is 1. The summed E-state index contributed by atoms with van der Waals surface area (Å²) in [5, 5.41) is 10.3. The summed E-state index contributed by atoms with van der Waals surface area (Å²) < 4.78 is 13.7. The van der Waals surface area contributed by atoms with Crippen molar-refractivity contribution in [3.8, 4) is 11.4 Å². The van der Waals surface area contributed by atoms with Gasteiger partial charge in [0.05, 0.1) is 5.56 Å². The van der Waals surface area contributed by atoms with E-state index in [9.17, 15) is 4.39 Å². The van der Waals surface area contributed by atoms with Crippen LogP contribution in [0.15, 0.2) is 24.3 Å². The average molecular weight is 275 g/mol. The van der Waals surface area contributed by atoms with Crippen molar-refractivity contribution >= 4 is 5.95 Å². The standard InChI is InChI=1S/C14H18FN5/c1-16-10-6-8-20(9-7-10)14-17-13(18-19-14)11-4-2-3-5-12(11)15/h2-5,10,16H,6-9H2,1H3,(H,17,18,19). The van der Waals surface area contributed by atoms with Crippen LogP contribution in [0.25, 0.3) is 11.4 Å². The first-order chi connectivity index (χ1) is 9.78. The van der Waals surface area contributed by atoms with Gasteiger partial charge in [0.2, 0.25) is 5.95 Å². The summed E-state index contributed by atoms with van der Waals surface area (Å²) in [6.45, 7) is 1.83. The van der Waals surface area contributed by atoms with Gasteiger partial charge in [-0.25, -0.2) is 4.39 Å². The van der Waals surface area contributed by atoms with Crippen LogP contribution in [0.2, 0.25) is 0 Å². The summed E-state index contributed by atoms with van der Waals surface area (Å²) in [5.74, 6) is 0.843. The molecular weight excluding hydrogens is 257 g/mol. The molecule has 1 aromatic carbocycles. The Bertz CT molecular complexity index is 574. The molecule has 0 aliphatic carbocycles. The molecule has 0 amide bonds. The fourth-order valence-electron chi connectivity index (χ4n) is 2.54. The largest absolute Gasteiger partial charge is 0.339 e. The van der Waals surface area contributed by atoms with Gasteiger partial charge < -0.3 is 10.2 Å². The van der Waals surface area contributed by atoms with Crippen molar-refractivity contribution in [3.05, 3.63) is 30.1 Å². The molecule has 5 nitrogen and oxygen atoms in total. The van der Waals surface area contributed by atoms with Crippen LogP contribution in [0.1, 0.15) is 12.8 Å². The summed E-state index contributed by atoms with van der Waals surface area (Å²) in [6.07, 6.45) is 2.14. The number of nitrogens with zero attached hydrogens (tertiary/aromatic N) is 3. The molecule has 2 aromatic rings. The highest BCUT2D eigenvalue weighted by molar-refractivity contribution is 5.57. The van der Waals surface area contributed by atoms with E-state index in [0.29, 0.717) is 23.4 Å². The third-order valence-corrected chi connectivity index (χ3v) is 3.79. The van der Waals surface area contributed by atoms with Gasteiger partial charge in [0.1, 0.15) is 5.82 Å². The predicted octanol–water partition coefficient (Wildman–Crippen LogP) is 1.80. The first-order valence-corrected chi connectivity index (χ1v) is 6.87. The van der Waals surface area contributed by atoms with Crippen molar-refractivity contribution in [1.29, 1.82) is 0 Å². The monoisotopic (exact) mass is 275 g/mol. The van der Waals surface area contributed by atoms with Crippen molar-refractivity contribution in [1.82, 2.24) is 20.5 Å². The van der Waals surface area contributed by atoms with Gasteiger partial charge in [-0.05, 0) is 32.0 Å². The molecule has 1 aliphatic heterocycles. The molecule has 0 bridgehead atoms. The number of benzene rings is 1. The molecule has 0 unspecified atom stereocenters. The third-order valence-electron chi connectivity index (χ3n) is 3.79. The lowest BCUT2D eigenvalue weighted by molar-refractivity contribution is 0.439. The van der Waals surface area contributed by atoms with Crippen LogP contribution in [0, 0.1) is 5.82 Å². The minimum absolute atomic E-state index is 0.288. The van der Waals surface area contributed by atoms with Crippen LogP contribution in [-0.4, -0.2) is 41.4 Å². The SMILES string of the molecule is CNC1CCN(c2n[nH]c(-c3ccccc3F)n2)CC1. The Balaban J connectivity index is 1.76. The maximum atomic E-state index is 13.7. The van der Waals surface area contributed by atoms with Crippen molar-refractivity contribution in [2.24, 2.45) is 0 Å². The zero-order valence-electron chi connectivity index (χ0n) is 11.4. The van der Waals surface area contributed by atoms with Crippen LogP contribution in [-0.2, 0) is 0 Å². The summed E-state index contributed by atoms with van der Waals surface area (Å²) in [6, 6.07) is 7.15. The molecule has 1 fully saturated rings. The molecule has 0 atom stereocenters. The Kier molecular flexibility index (Phi) is 3.64. The normalized spacial score (nSPS) is 16.6. The number of halogens is 1. The third kappa shape index (κ3) is 2.51. The molecule has 106 valence electrons. The maximum Gasteiger partial charge on any atom is 0.245 e. The number of anilines is 1. The highest BCUT2D eigenvalue weighted by Crippen LogP contribution is 2.22. The number of hydrogen-bond acceptors (Lipinski definition) is 4. The minimum Gasteiger partial charge on any atom is -0.339 e. The Morgan fingerprint density at radius 1 is 1.30 bits per heavy atom. The maximum absolute atomic E-state index is 13.7. The Hall–Kier alpha value is -1.95. The van der Waals surface area contributed by atoms with E-state index in [2.05, 4.69) is 25.4 Å². The van der Waals surface area contributed by atoms with Crippen molar-refractivity contribution < 1.29 is 4.39 Å². The highest BCUT2D eigenvalue weighted by Gasteiger charge is 2.21. The van der Waals surface area contributed by atoms with Crippen LogP contribution in [0.4, 0.5) is 10.3 Å². The van der Waals surface area contributed by atoms with E-state index < -0.39 is 0 Å². The molecule has 1 saturated heterocycles. The smallest absolute Gasteiger partial charge is 0.245 e. The second-order valence-corrected chi connectivity index (χ2v) is 5.01. The van der Waals surface area contributed by atoms with Crippen molar-refractivity contribution in [2.45, 2.75) is 18.9 Å². The van der Waals surface area contributed by atoms with Gasteiger partial charge in [0.25, 0.3) is 0 Å². The summed E-state index contributed by atoms with van der Waals surface area (Å²) in [7, 11) is 1.99. The van der Waals surface area contributed by atoms with Gasteiger partial charge in [-0.3, -0.25) is 5.10 Å². The molecule has 0 saturated carbocycles. The summed E-state index contributed by atoms with van der Waals surface area (Å²) >= 11 is 0. The van der Waals surface area contributed by atoms with E-state index in [-0.39, 0.29) is 5.82 Å². The number of rotatable bonds is 3. The van der Waals surface area contributed by atoms with Gasteiger partial charge in [0, 0.05) is 19.1 Å². The van der Waals surface area contributed by atoms with E-state index in [4.69, 9.17) is 0 Å². The average Bonchev–Trinajstić information content (AvgIpc) is 2.97. The molecular formula is C14H18FN5.